The molecule has 1 aromatic carbocycles. The molecule has 0 bridgehead atoms. The molecule has 5 nitrogen and oxygen atoms in total. The van der Waals surface area contributed by atoms with Crippen molar-refractivity contribution in [1.29, 1.82) is 5.41 Å². The highest BCUT2D eigenvalue weighted by Crippen LogP contribution is 2.34. The zero-order chi connectivity index (χ0) is 16.6. The first kappa shape index (κ1) is 15.6. The Morgan fingerprint density at radius 3 is 2.65 bits per heavy atom. The Bertz CT molecular complexity index is 802. The molecule has 1 aliphatic rings. The van der Waals surface area contributed by atoms with Gasteiger partial charge in [0.05, 0.1) is 5.39 Å². The van der Waals surface area contributed by atoms with Gasteiger partial charge in [0.2, 0.25) is 11.5 Å². The van der Waals surface area contributed by atoms with Gasteiger partial charge in [-0.3, -0.25) is 10.2 Å². The number of amides is 1. The van der Waals surface area contributed by atoms with E-state index in [4.69, 9.17) is 9.83 Å². The van der Waals surface area contributed by atoms with Gasteiger partial charge in [-0.2, -0.15) is 0 Å². The highest BCUT2D eigenvalue weighted by atomic mass is 16.3. The van der Waals surface area contributed by atoms with E-state index < -0.39 is 0 Å². The maximum absolute atomic E-state index is 11.4. The summed E-state index contributed by atoms with van der Waals surface area (Å²) >= 11 is 0. The van der Waals surface area contributed by atoms with Crippen LogP contribution in [-0.2, 0) is 11.2 Å². The molecule has 1 amide bonds. The minimum atomic E-state index is 0.116. The number of carbonyl (C=O) groups excluding carboxylic acids is 1. The smallest absolute Gasteiger partial charge is 0.219 e. The maximum Gasteiger partial charge on any atom is 0.219 e. The standard InChI is InChI=1S/C18H22N2O3/c1-3-12-8-15-16(22)9-14(10-17(15)23-18(12)19)13-4-6-20(7-5-13)11(2)21/h8-10,13,19,22H,3-7H2,1-2H3. The van der Waals surface area contributed by atoms with Gasteiger partial charge in [0.1, 0.15) is 11.3 Å². The third-order valence-electron chi connectivity index (χ3n) is 4.76. The van der Waals surface area contributed by atoms with Crippen molar-refractivity contribution in [3.8, 4) is 5.75 Å². The van der Waals surface area contributed by atoms with E-state index in [0.717, 1.165) is 37.1 Å². The average Bonchev–Trinajstić information content (AvgIpc) is 2.54. The van der Waals surface area contributed by atoms with Crippen molar-refractivity contribution in [3.05, 3.63) is 34.9 Å². The summed E-state index contributed by atoms with van der Waals surface area (Å²) in [4.78, 5) is 13.3. The molecule has 122 valence electrons. The van der Waals surface area contributed by atoms with Gasteiger partial charge in [-0.15, -0.1) is 0 Å². The molecule has 2 heterocycles. The van der Waals surface area contributed by atoms with Crippen LogP contribution in [-0.4, -0.2) is 29.0 Å². The molecule has 0 atom stereocenters. The molecule has 0 unspecified atom stereocenters. The zero-order valence-corrected chi connectivity index (χ0v) is 13.6. The lowest BCUT2D eigenvalue weighted by Gasteiger charge is -2.31. The van der Waals surface area contributed by atoms with Crippen LogP contribution >= 0.6 is 0 Å². The van der Waals surface area contributed by atoms with Crippen molar-refractivity contribution in [2.45, 2.75) is 39.0 Å². The van der Waals surface area contributed by atoms with Crippen LogP contribution in [0.5, 0.6) is 5.75 Å². The number of nitrogens with one attached hydrogen (secondary N) is 1. The van der Waals surface area contributed by atoms with E-state index in [2.05, 4.69) is 0 Å². The number of likely N-dealkylation sites (tertiary alicyclic amines) is 1. The number of phenolic OH excluding ortho intramolecular Hbond substituents is 1. The SMILES string of the molecule is CCc1cc2c(O)cc(C3CCN(C(C)=O)CC3)cc2oc1=N. The van der Waals surface area contributed by atoms with E-state index >= 15 is 0 Å². The summed E-state index contributed by atoms with van der Waals surface area (Å²) in [6.07, 6.45) is 2.46. The highest BCUT2D eigenvalue weighted by Gasteiger charge is 2.23. The van der Waals surface area contributed by atoms with Crippen molar-refractivity contribution in [2.24, 2.45) is 0 Å². The predicted octanol–water partition coefficient (Wildman–Crippen LogP) is 2.91. The topological polar surface area (TPSA) is 77.5 Å². The number of phenols is 1. The van der Waals surface area contributed by atoms with Crippen LogP contribution in [0.25, 0.3) is 11.0 Å². The van der Waals surface area contributed by atoms with Crippen molar-refractivity contribution in [2.75, 3.05) is 13.1 Å². The number of carbonyl (C=O) groups is 1. The molecule has 1 aliphatic heterocycles. The van der Waals surface area contributed by atoms with Crippen LogP contribution < -0.4 is 5.55 Å². The second-order valence-electron chi connectivity index (χ2n) is 6.19. The second kappa shape index (κ2) is 6.07. The summed E-state index contributed by atoms with van der Waals surface area (Å²) in [6.45, 7) is 5.05. The highest BCUT2D eigenvalue weighted by molar-refractivity contribution is 5.84. The van der Waals surface area contributed by atoms with Gasteiger partial charge in [0, 0.05) is 25.6 Å². The van der Waals surface area contributed by atoms with Crippen molar-refractivity contribution in [1.82, 2.24) is 4.90 Å². The van der Waals surface area contributed by atoms with E-state index in [0.29, 0.717) is 23.3 Å². The predicted molar refractivity (Wildman–Crippen MR) is 87.3 cm³/mol. The lowest BCUT2D eigenvalue weighted by molar-refractivity contribution is -0.129. The fourth-order valence-corrected chi connectivity index (χ4v) is 3.30. The number of nitrogens with zero attached hydrogens (tertiary/aromatic N) is 1. The van der Waals surface area contributed by atoms with Crippen LogP contribution in [0.2, 0.25) is 0 Å². The number of hydrogen-bond acceptors (Lipinski definition) is 4. The number of aryl methyl sites for hydroxylation is 1. The van der Waals surface area contributed by atoms with Gasteiger partial charge in [-0.05, 0) is 48.9 Å². The number of hydrogen-bond donors (Lipinski definition) is 2. The van der Waals surface area contributed by atoms with E-state index in [9.17, 15) is 9.90 Å². The quantitative estimate of drug-likeness (QED) is 0.894. The molecule has 0 spiro atoms. The first-order valence-corrected chi connectivity index (χ1v) is 8.09. The third-order valence-corrected chi connectivity index (χ3v) is 4.76. The molecule has 0 saturated carbocycles. The Kier molecular flexibility index (Phi) is 4.11. The molecule has 2 N–H and O–H groups in total. The minimum Gasteiger partial charge on any atom is -0.507 e. The Labute approximate surface area is 135 Å². The maximum atomic E-state index is 11.4. The van der Waals surface area contributed by atoms with Crippen LogP contribution in [0.3, 0.4) is 0 Å². The van der Waals surface area contributed by atoms with E-state index in [-0.39, 0.29) is 17.2 Å². The van der Waals surface area contributed by atoms with Gasteiger partial charge in [0.25, 0.3) is 0 Å². The summed E-state index contributed by atoms with van der Waals surface area (Å²) in [6, 6.07) is 5.56. The molecule has 1 saturated heterocycles. The van der Waals surface area contributed by atoms with E-state index in [1.165, 1.54) is 0 Å². The van der Waals surface area contributed by atoms with Crippen LogP contribution in [0.15, 0.2) is 22.6 Å². The Balaban J connectivity index is 1.94. The monoisotopic (exact) mass is 314 g/mol. The molecule has 3 rings (SSSR count). The number of rotatable bonds is 2. The van der Waals surface area contributed by atoms with Gasteiger partial charge < -0.3 is 14.4 Å². The molecular weight excluding hydrogens is 292 g/mol. The van der Waals surface area contributed by atoms with Gasteiger partial charge in [-0.25, -0.2) is 0 Å². The number of piperidine rings is 1. The molecule has 0 aliphatic carbocycles. The Hall–Kier alpha value is -2.30. The Morgan fingerprint density at radius 1 is 1.35 bits per heavy atom. The van der Waals surface area contributed by atoms with Gasteiger partial charge in [-0.1, -0.05) is 6.92 Å². The first-order valence-electron chi connectivity index (χ1n) is 8.09. The molecule has 5 heteroatoms. The summed E-state index contributed by atoms with van der Waals surface area (Å²) in [5, 5.41) is 18.9. The van der Waals surface area contributed by atoms with Crippen LogP contribution in [0.4, 0.5) is 0 Å². The molecule has 1 aromatic heterocycles. The van der Waals surface area contributed by atoms with Crippen LogP contribution in [0, 0.1) is 5.41 Å². The summed E-state index contributed by atoms with van der Waals surface area (Å²) in [7, 11) is 0. The fraction of sp³-hybridized carbons (Fsp3) is 0.444. The fourth-order valence-electron chi connectivity index (χ4n) is 3.30. The normalized spacial score (nSPS) is 16.0. The van der Waals surface area contributed by atoms with E-state index in [1.54, 1.807) is 13.0 Å². The van der Waals surface area contributed by atoms with E-state index in [1.807, 2.05) is 24.0 Å². The lowest BCUT2D eigenvalue weighted by Crippen LogP contribution is -2.36. The van der Waals surface area contributed by atoms with Gasteiger partial charge in [0.15, 0.2) is 0 Å². The largest absolute Gasteiger partial charge is 0.507 e. The average molecular weight is 314 g/mol. The summed E-state index contributed by atoms with van der Waals surface area (Å²) in [5.74, 6) is 0.617. The number of benzene rings is 1. The van der Waals surface area contributed by atoms with Gasteiger partial charge >= 0.3 is 0 Å². The zero-order valence-electron chi connectivity index (χ0n) is 13.6. The molecule has 0 radical (unpaired) electrons. The summed E-state index contributed by atoms with van der Waals surface area (Å²) in [5.41, 5.74) is 2.51. The number of fused-ring (bicyclic) bond motifs is 1. The third kappa shape index (κ3) is 2.96. The van der Waals surface area contributed by atoms with Crippen molar-refractivity contribution in [3.63, 3.8) is 0 Å². The molecule has 2 aromatic rings. The lowest BCUT2D eigenvalue weighted by atomic mass is 9.88. The van der Waals surface area contributed by atoms with Crippen molar-refractivity contribution < 1.29 is 14.3 Å². The van der Waals surface area contributed by atoms with Crippen LogP contribution in [0.1, 0.15) is 43.7 Å². The molecule has 23 heavy (non-hydrogen) atoms. The Morgan fingerprint density at radius 2 is 2.04 bits per heavy atom. The summed E-state index contributed by atoms with van der Waals surface area (Å²) < 4.78 is 5.60. The first-order chi connectivity index (χ1) is 11.0. The number of aromatic hydroxyl groups is 1. The second-order valence-corrected chi connectivity index (χ2v) is 6.19. The minimum absolute atomic E-state index is 0.116. The molecule has 1 fully saturated rings. The van der Waals surface area contributed by atoms with Crippen molar-refractivity contribution >= 4 is 16.9 Å². The molecular formula is C18H22N2O3.